The summed E-state index contributed by atoms with van der Waals surface area (Å²) >= 11 is 10.6. The van der Waals surface area contributed by atoms with E-state index in [0.717, 1.165) is 36.2 Å². The minimum Gasteiger partial charge on any atom is -0.493 e. The highest BCUT2D eigenvalue weighted by Crippen LogP contribution is 2.36. The number of nitrogens with one attached hydrogen (secondary N) is 1. The summed E-state index contributed by atoms with van der Waals surface area (Å²) in [7, 11) is 3.28. The minimum absolute atomic E-state index is 0.624. The lowest BCUT2D eigenvalue weighted by molar-refractivity contribution is 0.352. The van der Waals surface area contributed by atoms with Gasteiger partial charge in [-0.25, -0.2) is 0 Å². The summed E-state index contributed by atoms with van der Waals surface area (Å²) in [5, 5.41) is 3.40. The standard InChI is InChI=1S/C15H14Br3NO2/c1-20-13-5-3-4-9(15(13)21-2)8-19-14-11(17)6-10(16)7-12(14)18/h3-7,19H,8H2,1-2H3. The smallest absolute Gasteiger partial charge is 0.165 e. The van der Waals surface area contributed by atoms with Gasteiger partial charge in [0.2, 0.25) is 0 Å². The van der Waals surface area contributed by atoms with Crippen molar-refractivity contribution in [1.29, 1.82) is 0 Å². The maximum absolute atomic E-state index is 5.44. The quantitative estimate of drug-likeness (QED) is 0.605. The van der Waals surface area contributed by atoms with Crippen LogP contribution in [-0.2, 0) is 6.54 Å². The second kappa shape index (κ2) is 7.51. The highest BCUT2D eigenvalue weighted by atomic mass is 79.9. The van der Waals surface area contributed by atoms with Crippen molar-refractivity contribution < 1.29 is 9.47 Å². The predicted octanol–water partition coefficient (Wildman–Crippen LogP) is 5.60. The third-order valence-electron chi connectivity index (χ3n) is 2.95. The molecule has 0 atom stereocenters. The lowest BCUT2D eigenvalue weighted by Gasteiger charge is -2.15. The topological polar surface area (TPSA) is 30.5 Å². The van der Waals surface area contributed by atoms with E-state index in [-0.39, 0.29) is 0 Å². The molecule has 0 aliphatic rings. The maximum Gasteiger partial charge on any atom is 0.165 e. The average Bonchev–Trinajstić information content (AvgIpc) is 2.45. The molecule has 6 heteroatoms. The molecule has 21 heavy (non-hydrogen) atoms. The summed E-state index contributed by atoms with van der Waals surface area (Å²) in [5.74, 6) is 1.47. The van der Waals surface area contributed by atoms with E-state index in [4.69, 9.17) is 9.47 Å². The Kier molecular flexibility index (Phi) is 5.96. The number of rotatable bonds is 5. The van der Waals surface area contributed by atoms with Gasteiger partial charge in [0.25, 0.3) is 0 Å². The Morgan fingerprint density at radius 1 is 1.00 bits per heavy atom. The van der Waals surface area contributed by atoms with Gasteiger partial charge in [-0.2, -0.15) is 0 Å². The normalized spacial score (nSPS) is 10.3. The van der Waals surface area contributed by atoms with Gasteiger partial charge in [0.15, 0.2) is 11.5 Å². The Labute approximate surface area is 149 Å². The molecule has 1 N–H and O–H groups in total. The van der Waals surface area contributed by atoms with Crippen molar-refractivity contribution in [3.8, 4) is 11.5 Å². The third kappa shape index (κ3) is 3.93. The molecule has 2 aromatic carbocycles. The van der Waals surface area contributed by atoms with Gasteiger partial charge in [0, 0.05) is 25.5 Å². The Bertz CT molecular complexity index is 624. The molecule has 0 saturated carbocycles. The van der Waals surface area contributed by atoms with Gasteiger partial charge in [0.05, 0.1) is 19.9 Å². The zero-order valence-corrected chi connectivity index (χ0v) is 16.3. The first-order valence-corrected chi connectivity index (χ1v) is 8.53. The van der Waals surface area contributed by atoms with E-state index < -0.39 is 0 Å². The van der Waals surface area contributed by atoms with Crippen LogP contribution in [0.25, 0.3) is 0 Å². The van der Waals surface area contributed by atoms with E-state index in [0.29, 0.717) is 6.54 Å². The summed E-state index contributed by atoms with van der Waals surface area (Å²) < 4.78 is 13.7. The van der Waals surface area contributed by atoms with Crippen LogP contribution in [-0.4, -0.2) is 14.2 Å². The fraction of sp³-hybridized carbons (Fsp3) is 0.200. The molecular formula is C15H14Br3NO2. The summed E-state index contributed by atoms with van der Waals surface area (Å²) in [5.41, 5.74) is 2.02. The van der Waals surface area contributed by atoms with Crippen LogP contribution in [0.5, 0.6) is 11.5 Å². The predicted molar refractivity (Wildman–Crippen MR) is 96.4 cm³/mol. The van der Waals surface area contributed by atoms with Gasteiger partial charge in [-0.05, 0) is 50.1 Å². The summed E-state index contributed by atoms with van der Waals surface area (Å²) in [6, 6.07) is 9.83. The van der Waals surface area contributed by atoms with Crippen LogP contribution >= 0.6 is 47.8 Å². The SMILES string of the molecule is COc1cccc(CNc2c(Br)cc(Br)cc2Br)c1OC. The van der Waals surface area contributed by atoms with E-state index in [1.165, 1.54) is 0 Å². The number of methoxy groups -OCH3 is 2. The number of hydrogen-bond acceptors (Lipinski definition) is 3. The maximum atomic E-state index is 5.44. The van der Waals surface area contributed by atoms with E-state index >= 15 is 0 Å². The highest BCUT2D eigenvalue weighted by molar-refractivity contribution is 9.11. The third-order valence-corrected chi connectivity index (χ3v) is 4.66. The highest BCUT2D eigenvalue weighted by Gasteiger charge is 2.11. The first-order valence-electron chi connectivity index (χ1n) is 6.15. The Balaban J connectivity index is 2.25. The number of para-hydroxylation sites is 1. The molecule has 3 nitrogen and oxygen atoms in total. The van der Waals surface area contributed by atoms with Gasteiger partial charge >= 0.3 is 0 Å². The van der Waals surface area contributed by atoms with Crippen molar-refractivity contribution in [2.45, 2.75) is 6.54 Å². The second-order valence-corrected chi connectivity index (χ2v) is 6.87. The molecule has 0 aliphatic heterocycles. The van der Waals surface area contributed by atoms with Crippen molar-refractivity contribution >= 4 is 53.5 Å². The molecule has 112 valence electrons. The van der Waals surface area contributed by atoms with Crippen LogP contribution in [0.3, 0.4) is 0 Å². The second-order valence-electron chi connectivity index (χ2n) is 4.25. The van der Waals surface area contributed by atoms with Crippen LogP contribution < -0.4 is 14.8 Å². The van der Waals surface area contributed by atoms with Crippen LogP contribution in [0, 0.1) is 0 Å². The van der Waals surface area contributed by atoms with E-state index in [1.807, 2.05) is 30.3 Å². The Morgan fingerprint density at radius 2 is 1.67 bits per heavy atom. The lowest BCUT2D eigenvalue weighted by atomic mass is 10.1. The molecule has 0 spiro atoms. The number of anilines is 1. The van der Waals surface area contributed by atoms with Gasteiger partial charge in [0.1, 0.15) is 0 Å². The van der Waals surface area contributed by atoms with Gasteiger partial charge in [-0.3, -0.25) is 0 Å². The Hall–Kier alpha value is -0.720. The molecule has 0 radical (unpaired) electrons. The molecule has 0 amide bonds. The molecule has 0 unspecified atom stereocenters. The number of halogens is 3. The van der Waals surface area contributed by atoms with E-state index in [2.05, 4.69) is 53.1 Å². The van der Waals surface area contributed by atoms with Gasteiger partial charge in [-0.1, -0.05) is 28.1 Å². The summed E-state index contributed by atoms with van der Waals surface area (Å²) in [4.78, 5) is 0. The molecule has 0 bridgehead atoms. The fourth-order valence-electron chi connectivity index (χ4n) is 1.99. The molecule has 0 heterocycles. The molecule has 0 fully saturated rings. The number of benzene rings is 2. The first-order chi connectivity index (χ1) is 10.1. The van der Waals surface area contributed by atoms with E-state index in [1.54, 1.807) is 14.2 Å². The molecule has 2 aromatic rings. The molecule has 2 rings (SSSR count). The van der Waals surface area contributed by atoms with Crippen molar-refractivity contribution in [3.63, 3.8) is 0 Å². The summed E-state index contributed by atoms with van der Waals surface area (Å²) in [6.07, 6.45) is 0. The van der Waals surface area contributed by atoms with Crippen LogP contribution in [0.1, 0.15) is 5.56 Å². The molecular weight excluding hydrogens is 466 g/mol. The van der Waals surface area contributed by atoms with Crippen LogP contribution in [0.15, 0.2) is 43.7 Å². The zero-order chi connectivity index (χ0) is 15.4. The van der Waals surface area contributed by atoms with Crippen LogP contribution in [0.4, 0.5) is 5.69 Å². The average molecular weight is 480 g/mol. The number of hydrogen-bond donors (Lipinski definition) is 1. The van der Waals surface area contributed by atoms with Crippen molar-refractivity contribution in [3.05, 3.63) is 49.3 Å². The fourth-order valence-corrected chi connectivity index (χ4v) is 4.53. The summed E-state index contributed by atoms with van der Waals surface area (Å²) in [6.45, 7) is 0.624. The molecule has 0 aromatic heterocycles. The molecule has 0 saturated heterocycles. The first kappa shape index (κ1) is 16.6. The largest absolute Gasteiger partial charge is 0.493 e. The minimum atomic E-state index is 0.624. The zero-order valence-electron chi connectivity index (χ0n) is 11.5. The Morgan fingerprint density at radius 3 is 2.24 bits per heavy atom. The van der Waals surface area contributed by atoms with Crippen molar-refractivity contribution in [2.75, 3.05) is 19.5 Å². The van der Waals surface area contributed by atoms with Gasteiger partial charge in [-0.15, -0.1) is 0 Å². The number of ether oxygens (including phenoxy) is 2. The van der Waals surface area contributed by atoms with Crippen LogP contribution in [0.2, 0.25) is 0 Å². The van der Waals surface area contributed by atoms with Gasteiger partial charge < -0.3 is 14.8 Å². The monoisotopic (exact) mass is 477 g/mol. The molecule has 0 aliphatic carbocycles. The van der Waals surface area contributed by atoms with Crippen molar-refractivity contribution in [2.24, 2.45) is 0 Å². The lowest BCUT2D eigenvalue weighted by Crippen LogP contribution is -2.04. The van der Waals surface area contributed by atoms with Crippen molar-refractivity contribution in [1.82, 2.24) is 0 Å². The van der Waals surface area contributed by atoms with E-state index in [9.17, 15) is 0 Å².